The third-order valence-electron chi connectivity index (χ3n) is 13.1. The topological polar surface area (TPSA) is 199 Å². The number of hydrogen-bond acceptors (Lipinski definition) is 12. The maximum absolute atomic E-state index is 14.8. The molecule has 16 nitrogen and oxygen atoms in total. The Hall–Kier alpha value is -6.79. The number of benzene rings is 3. The van der Waals surface area contributed by atoms with Crippen molar-refractivity contribution in [3.8, 4) is 38.8 Å². The van der Waals surface area contributed by atoms with Crippen LogP contribution in [-0.4, -0.2) is 122 Å². The molecule has 3 aromatic heterocycles. The summed E-state index contributed by atoms with van der Waals surface area (Å²) in [6.45, 7) is 10.5. The number of amides is 4. The van der Waals surface area contributed by atoms with Gasteiger partial charge in [0.05, 0.1) is 41.1 Å². The summed E-state index contributed by atoms with van der Waals surface area (Å²) in [6.07, 6.45) is 4.38. The molecule has 0 spiro atoms. The molecule has 0 aliphatic carbocycles. The number of likely N-dealkylation sites (tertiary alicyclic amines) is 1. The summed E-state index contributed by atoms with van der Waals surface area (Å²) in [5, 5.41) is 24.0. The quantitative estimate of drug-likeness (QED) is 0.0683. The van der Waals surface area contributed by atoms with Gasteiger partial charge < -0.3 is 35.2 Å². The van der Waals surface area contributed by atoms with Gasteiger partial charge in [-0.3, -0.25) is 24.3 Å². The second-order valence-electron chi connectivity index (χ2n) is 19.1. The summed E-state index contributed by atoms with van der Waals surface area (Å²) in [7, 11) is 1.48. The normalized spacial score (nSPS) is 16.6. The number of anilines is 1. The molecule has 6 aromatic rings. The molecule has 4 amide bonds. The number of ether oxygens (including phenoxy) is 1. The molecular formula is C52H61FN10O6S. The van der Waals surface area contributed by atoms with Crippen LogP contribution in [0, 0.1) is 18.2 Å². The monoisotopic (exact) mass is 972 g/mol. The van der Waals surface area contributed by atoms with Crippen molar-refractivity contribution in [3.63, 3.8) is 0 Å². The van der Waals surface area contributed by atoms with Gasteiger partial charge in [0.25, 0.3) is 0 Å². The van der Waals surface area contributed by atoms with Crippen molar-refractivity contribution in [2.75, 3.05) is 44.7 Å². The summed E-state index contributed by atoms with van der Waals surface area (Å²) in [5.41, 5.74) is 7.94. The van der Waals surface area contributed by atoms with Crippen LogP contribution in [0.5, 0.6) is 5.75 Å². The number of H-pyrrole nitrogens is 1. The van der Waals surface area contributed by atoms with Crippen LogP contribution >= 0.6 is 11.3 Å². The van der Waals surface area contributed by atoms with Crippen LogP contribution in [0.1, 0.15) is 77.0 Å². The van der Waals surface area contributed by atoms with Crippen molar-refractivity contribution in [1.29, 1.82) is 0 Å². The number of piperazine rings is 1. The number of carbonyl (C=O) groups excluding carboxylic acids is 4. The molecule has 4 N–H and O–H groups in total. The molecule has 5 heterocycles. The fourth-order valence-corrected chi connectivity index (χ4v) is 9.97. The zero-order valence-corrected chi connectivity index (χ0v) is 41.2. The van der Waals surface area contributed by atoms with E-state index in [1.807, 2.05) is 86.6 Å². The van der Waals surface area contributed by atoms with E-state index in [0.29, 0.717) is 67.9 Å². The van der Waals surface area contributed by atoms with Crippen molar-refractivity contribution in [2.45, 2.75) is 97.4 Å². The summed E-state index contributed by atoms with van der Waals surface area (Å²) in [5.74, 6) is -0.821. The fraction of sp³-hybridized carbons (Fsp3) is 0.423. The zero-order valence-electron chi connectivity index (χ0n) is 40.3. The number of fused-ring (bicyclic) bond motifs is 1. The highest BCUT2D eigenvalue weighted by Crippen LogP contribution is 2.34. The Kier molecular flexibility index (Phi) is 15.5. The average Bonchev–Trinajstić information content (AvgIpc) is 4.11. The Morgan fingerprint density at radius 3 is 2.33 bits per heavy atom. The van der Waals surface area contributed by atoms with Gasteiger partial charge in [-0.1, -0.05) is 76.1 Å². The van der Waals surface area contributed by atoms with E-state index in [4.69, 9.17) is 4.74 Å². The van der Waals surface area contributed by atoms with E-state index in [2.05, 4.69) is 40.7 Å². The Labute approximate surface area is 411 Å². The lowest BCUT2D eigenvalue weighted by Crippen LogP contribution is -2.57. The number of rotatable bonds is 17. The highest BCUT2D eigenvalue weighted by atomic mass is 32.1. The highest BCUT2D eigenvalue weighted by molar-refractivity contribution is 7.13. The number of halogens is 1. The number of aromatic nitrogens is 5. The summed E-state index contributed by atoms with van der Waals surface area (Å²) in [4.78, 5) is 74.0. The molecule has 0 unspecified atom stereocenters. The van der Waals surface area contributed by atoms with Crippen LogP contribution in [0.2, 0.25) is 0 Å². The molecule has 2 aliphatic rings. The largest absolute Gasteiger partial charge is 0.496 e. The van der Waals surface area contributed by atoms with Crippen LogP contribution in [0.4, 0.5) is 10.1 Å². The van der Waals surface area contributed by atoms with Crippen molar-refractivity contribution in [2.24, 2.45) is 5.41 Å². The highest BCUT2D eigenvalue weighted by Gasteiger charge is 2.44. The maximum atomic E-state index is 14.8. The molecule has 0 bridgehead atoms. The van der Waals surface area contributed by atoms with Gasteiger partial charge in [0.15, 0.2) is 5.82 Å². The minimum absolute atomic E-state index is 0.00678. The number of aliphatic hydroxyl groups excluding tert-OH is 1. The van der Waals surface area contributed by atoms with E-state index in [-0.39, 0.29) is 55.0 Å². The molecule has 0 radical (unpaired) electrons. The smallest absolute Gasteiger partial charge is 0.246 e. The molecule has 3 atom stereocenters. The Morgan fingerprint density at radius 1 is 0.929 bits per heavy atom. The zero-order chi connectivity index (χ0) is 49.5. The van der Waals surface area contributed by atoms with Crippen LogP contribution in [0.25, 0.3) is 44.1 Å². The van der Waals surface area contributed by atoms with Gasteiger partial charge in [0.1, 0.15) is 40.4 Å². The molecule has 70 heavy (non-hydrogen) atoms. The van der Waals surface area contributed by atoms with E-state index in [9.17, 15) is 28.7 Å². The minimum Gasteiger partial charge on any atom is -0.496 e. The molecule has 18 heteroatoms. The number of carbonyl (C=O) groups is 4. The summed E-state index contributed by atoms with van der Waals surface area (Å²) < 4.78 is 20.2. The molecule has 8 rings (SSSR count). The Morgan fingerprint density at radius 2 is 1.64 bits per heavy atom. The number of methoxy groups -OCH3 is 1. The van der Waals surface area contributed by atoms with E-state index in [1.165, 1.54) is 18.1 Å². The predicted molar refractivity (Wildman–Crippen MR) is 267 cm³/mol. The molecule has 2 aliphatic heterocycles. The molecule has 2 saturated heterocycles. The molecular weight excluding hydrogens is 912 g/mol. The van der Waals surface area contributed by atoms with Crippen molar-refractivity contribution < 1.29 is 33.4 Å². The fourth-order valence-electron chi connectivity index (χ4n) is 9.16. The van der Waals surface area contributed by atoms with Gasteiger partial charge in [0.2, 0.25) is 23.6 Å². The lowest BCUT2D eigenvalue weighted by Gasteiger charge is -2.36. The number of hydrogen-bond donors (Lipinski definition) is 4. The van der Waals surface area contributed by atoms with Crippen LogP contribution in [0.15, 0.2) is 78.4 Å². The molecule has 368 valence electrons. The average molecular weight is 973 g/mol. The van der Waals surface area contributed by atoms with Crippen LogP contribution < -0.4 is 20.3 Å². The van der Waals surface area contributed by atoms with Crippen molar-refractivity contribution >= 4 is 51.7 Å². The number of nitrogens with zero attached hydrogens (tertiary/aromatic N) is 7. The summed E-state index contributed by atoms with van der Waals surface area (Å²) in [6, 6.07) is 18.7. The van der Waals surface area contributed by atoms with Gasteiger partial charge in [-0.2, -0.15) is 5.10 Å². The lowest BCUT2D eigenvalue weighted by molar-refractivity contribution is -0.144. The number of thiazole rings is 1. The number of nitrogens with one attached hydrogen (secondary N) is 3. The second kappa shape index (κ2) is 21.9. The lowest BCUT2D eigenvalue weighted by atomic mass is 9.85. The Bertz CT molecular complexity index is 2800. The number of aliphatic hydroxyl groups is 1. The van der Waals surface area contributed by atoms with Gasteiger partial charge >= 0.3 is 0 Å². The first-order valence-electron chi connectivity index (χ1n) is 23.9. The van der Waals surface area contributed by atoms with Gasteiger partial charge in [-0.25, -0.2) is 19.3 Å². The van der Waals surface area contributed by atoms with E-state index < -0.39 is 35.3 Å². The first kappa shape index (κ1) is 49.6. The van der Waals surface area contributed by atoms with Crippen LogP contribution in [-0.2, 0) is 25.7 Å². The summed E-state index contributed by atoms with van der Waals surface area (Å²) >= 11 is 1.58. The first-order valence-corrected chi connectivity index (χ1v) is 24.8. The predicted octanol–water partition coefficient (Wildman–Crippen LogP) is 7.06. The number of unbranched alkanes of at least 4 members (excludes halogenated alkanes) is 3. The third kappa shape index (κ3) is 11.5. The first-order chi connectivity index (χ1) is 33.7. The standard InChI is InChI=1S/C52H61FN10O6S/c1-32-47(70-31-56-32)35-17-15-33(16-18-35)28-55-50(67)40-27-37(64)30-63(40)51(68)48(52(2,3)4)57-42(65)13-8-6-7-9-14-43(66)62-25-23-61(24-26-62)36-21-19-34(20-22-36)45-46-39(59-60-45)29-54-49(58-46)44-38(53)11-10-12-41(44)69-5/h10-12,15-22,29,31,37,40,48,64H,6-9,13-14,23-28,30H2,1-5H3,(H,55,67)(H,57,65)(H,59,60)/t37-,40+,48-/m1/s1. The van der Waals surface area contributed by atoms with Gasteiger partial charge in [-0.05, 0) is 60.6 Å². The van der Waals surface area contributed by atoms with E-state index >= 15 is 0 Å². The second-order valence-corrected chi connectivity index (χ2v) is 20.0. The number of β-amino-alcohol motifs (C(OH)–C–C–N with tert-alkyl or cyclic N) is 1. The minimum atomic E-state index is -0.895. The molecule has 3 aromatic carbocycles. The number of aromatic amines is 1. The van der Waals surface area contributed by atoms with Crippen molar-refractivity contribution in [3.05, 3.63) is 95.5 Å². The molecule has 2 fully saturated rings. The van der Waals surface area contributed by atoms with Gasteiger partial charge in [-0.15, -0.1) is 11.3 Å². The Balaban J connectivity index is 0.748. The maximum Gasteiger partial charge on any atom is 0.246 e. The van der Waals surface area contributed by atoms with Crippen molar-refractivity contribution in [1.82, 2.24) is 45.6 Å². The van der Waals surface area contributed by atoms with Crippen LogP contribution in [0.3, 0.4) is 0 Å². The third-order valence-corrected chi connectivity index (χ3v) is 14.1. The SMILES string of the molecule is COc1cccc(F)c1-c1ncc2[nH]nc(-c3ccc(N4CCN(C(=O)CCCCCCC(=O)N[C@H](C(=O)N5C[C@H](O)C[C@H]5C(=O)NCc5ccc(-c6scnc6C)cc5)C(C)(C)C)CC4)cc3)c2n1. The molecule has 0 saturated carbocycles. The van der Waals surface area contributed by atoms with E-state index in [1.54, 1.807) is 29.7 Å². The van der Waals surface area contributed by atoms with E-state index in [0.717, 1.165) is 45.8 Å². The number of aryl methyl sites for hydroxylation is 1. The van der Waals surface area contributed by atoms with Gasteiger partial charge in [0, 0.05) is 69.8 Å².